The Kier molecular flexibility index (Phi) is 5.21. The average molecular weight is 393 g/mol. The Morgan fingerprint density at radius 2 is 1.76 bits per heavy atom. The summed E-state index contributed by atoms with van der Waals surface area (Å²) in [5, 5.41) is 0. The van der Waals surface area contributed by atoms with E-state index in [1.165, 1.54) is 61.9 Å². The largest absolute Gasteiger partial charge is 0.497 e. The highest BCUT2D eigenvalue weighted by Crippen LogP contribution is 2.40. The number of hydrogen-bond donors (Lipinski definition) is 0. The highest BCUT2D eigenvalue weighted by atomic mass is 16.5. The minimum Gasteiger partial charge on any atom is -0.497 e. The molecule has 4 heteroatoms. The van der Waals surface area contributed by atoms with Gasteiger partial charge in [-0.25, -0.2) is 0 Å². The summed E-state index contributed by atoms with van der Waals surface area (Å²) in [4.78, 5) is 15.4. The molecule has 1 aliphatic carbocycles. The first-order valence-corrected chi connectivity index (χ1v) is 11.3. The van der Waals surface area contributed by atoms with Crippen LogP contribution in [0.15, 0.2) is 41.2 Å². The van der Waals surface area contributed by atoms with Gasteiger partial charge in [0.05, 0.1) is 7.11 Å². The summed E-state index contributed by atoms with van der Waals surface area (Å²) >= 11 is 0. The molecule has 0 radical (unpaired) electrons. The summed E-state index contributed by atoms with van der Waals surface area (Å²) in [6.45, 7) is 4.38. The fraction of sp³-hybridized carbons (Fsp3) is 0.560. The van der Waals surface area contributed by atoms with Crippen molar-refractivity contribution in [2.75, 3.05) is 26.7 Å². The zero-order valence-corrected chi connectivity index (χ0v) is 17.5. The lowest BCUT2D eigenvalue weighted by molar-refractivity contribution is 0.0970. The van der Waals surface area contributed by atoms with E-state index in [4.69, 9.17) is 4.74 Å². The first kappa shape index (κ1) is 18.9. The Balaban J connectivity index is 1.45. The molecule has 0 unspecified atom stereocenters. The number of aromatic nitrogens is 1. The van der Waals surface area contributed by atoms with Crippen molar-refractivity contribution >= 4 is 0 Å². The van der Waals surface area contributed by atoms with Crippen molar-refractivity contribution in [2.45, 2.75) is 51.0 Å². The molecule has 154 valence electrons. The summed E-state index contributed by atoms with van der Waals surface area (Å²) in [6, 6.07) is 12.1. The number of rotatable bonds is 4. The maximum absolute atomic E-state index is 12.7. The van der Waals surface area contributed by atoms with Gasteiger partial charge in [-0.05, 0) is 54.9 Å². The fourth-order valence-corrected chi connectivity index (χ4v) is 6.01. The smallest absolute Gasteiger partial charge is 0.250 e. The summed E-state index contributed by atoms with van der Waals surface area (Å²) in [5.74, 6) is 2.81. The molecule has 1 aromatic carbocycles. The molecule has 2 fully saturated rings. The van der Waals surface area contributed by atoms with Crippen LogP contribution in [0.25, 0.3) is 11.1 Å². The van der Waals surface area contributed by atoms with Gasteiger partial charge in [0.15, 0.2) is 0 Å². The second-order valence-electron chi connectivity index (χ2n) is 9.33. The standard InChI is InChI=1S/C25H32N2O2/c1-29-22-9-7-20(8-10-22)23-11-12-24(28)27-16-19-13-21(25(23)27)17-26(15-19)14-18-5-3-2-4-6-18/h7-12,18-19,21H,2-6,13-17H2,1H3/t19-,21-/m0/s1. The minimum absolute atomic E-state index is 0.160. The molecule has 1 aromatic heterocycles. The fourth-order valence-electron chi connectivity index (χ4n) is 6.01. The molecular weight excluding hydrogens is 360 g/mol. The Bertz CT molecular complexity index is 911. The maximum atomic E-state index is 12.7. The van der Waals surface area contributed by atoms with Crippen LogP contribution in [0.5, 0.6) is 5.75 Å². The SMILES string of the molecule is COc1ccc(-c2ccc(=O)n3c2[C@H]2C[C@@H](CN(CC4CCCCC4)C2)C3)cc1. The summed E-state index contributed by atoms with van der Waals surface area (Å²) in [7, 11) is 1.70. The number of nitrogens with zero attached hydrogens (tertiary/aromatic N) is 2. The Hall–Kier alpha value is -2.07. The molecular formula is C25H32N2O2. The number of likely N-dealkylation sites (tertiary alicyclic amines) is 1. The quantitative estimate of drug-likeness (QED) is 0.767. The third kappa shape index (κ3) is 3.75. The first-order valence-electron chi connectivity index (χ1n) is 11.3. The number of methoxy groups -OCH3 is 1. The number of benzene rings is 1. The highest BCUT2D eigenvalue weighted by molar-refractivity contribution is 5.67. The van der Waals surface area contributed by atoms with E-state index in [1.807, 2.05) is 18.2 Å². The molecule has 2 aromatic rings. The van der Waals surface area contributed by atoms with E-state index in [0.717, 1.165) is 31.3 Å². The van der Waals surface area contributed by atoms with Crippen LogP contribution in [-0.4, -0.2) is 36.2 Å². The van der Waals surface area contributed by atoms with E-state index in [2.05, 4.69) is 21.6 Å². The maximum Gasteiger partial charge on any atom is 0.250 e. The van der Waals surface area contributed by atoms with E-state index < -0.39 is 0 Å². The molecule has 29 heavy (non-hydrogen) atoms. The molecule has 2 bridgehead atoms. The molecule has 2 aliphatic heterocycles. The van der Waals surface area contributed by atoms with Crippen LogP contribution in [0.3, 0.4) is 0 Å². The van der Waals surface area contributed by atoms with Crippen LogP contribution in [-0.2, 0) is 6.54 Å². The second-order valence-corrected chi connectivity index (χ2v) is 9.33. The van der Waals surface area contributed by atoms with E-state index >= 15 is 0 Å². The lowest BCUT2D eigenvalue weighted by atomic mass is 9.79. The van der Waals surface area contributed by atoms with Crippen LogP contribution >= 0.6 is 0 Å². The predicted octanol–water partition coefficient (Wildman–Crippen LogP) is 4.52. The number of fused-ring (bicyclic) bond motifs is 4. The third-order valence-electron chi connectivity index (χ3n) is 7.31. The molecule has 0 spiro atoms. The lowest BCUT2D eigenvalue weighted by Crippen LogP contribution is -2.48. The van der Waals surface area contributed by atoms with Crippen molar-refractivity contribution in [3.8, 4) is 16.9 Å². The summed E-state index contributed by atoms with van der Waals surface area (Å²) in [5.41, 5.74) is 3.81. The Labute approximate surface area is 173 Å². The van der Waals surface area contributed by atoms with Crippen molar-refractivity contribution in [1.29, 1.82) is 0 Å². The van der Waals surface area contributed by atoms with Gasteiger partial charge in [-0.2, -0.15) is 0 Å². The van der Waals surface area contributed by atoms with Crippen molar-refractivity contribution in [1.82, 2.24) is 9.47 Å². The molecule has 3 heterocycles. The average Bonchev–Trinajstić information content (AvgIpc) is 2.75. The molecule has 0 amide bonds. The molecule has 1 saturated carbocycles. The van der Waals surface area contributed by atoms with Gasteiger partial charge in [0.25, 0.3) is 5.56 Å². The first-order chi connectivity index (χ1) is 14.2. The van der Waals surface area contributed by atoms with E-state index in [-0.39, 0.29) is 5.56 Å². The predicted molar refractivity (Wildman–Crippen MR) is 117 cm³/mol. The Morgan fingerprint density at radius 1 is 0.966 bits per heavy atom. The van der Waals surface area contributed by atoms with Crippen molar-refractivity contribution in [2.24, 2.45) is 11.8 Å². The van der Waals surface area contributed by atoms with E-state index in [9.17, 15) is 4.79 Å². The molecule has 2 atom stereocenters. The topological polar surface area (TPSA) is 34.5 Å². The van der Waals surface area contributed by atoms with Gasteiger partial charge < -0.3 is 14.2 Å². The number of ether oxygens (including phenoxy) is 1. The van der Waals surface area contributed by atoms with Crippen molar-refractivity contribution < 1.29 is 4.74 Å². The van der Waals surface area contributed by atoms with Crippen molar-refractivity contribution in [3.05, 3.63) is 52.4 Å². The van der Waals surface area contributed by atoms with Crippen LogP contribution in [0.1, 0.15) is 50.1 Å². The normalized spacial score (nSPS) is 24.9. The summed E-state index contributed by atoms with van der Waals surface area (Å²) < 4.78 is 7.41. The van der Waals surface area contributed by atoms with Gasteiger partial charge in [-0.15, -0.1) is 0 Å². The van der Waals surface area contributed by atoms with Gasteiger partial charge in [0, 0.05) is 49.4 Å². The number of hydrogen-bond acceptors (Lipinski definition) is 3. The minimum atomic E-state index is 0.160. The van der Waals surface area contributed by atoms with E-state index in [0.29, 0.717) is 11.8 Å². The monoisotopic (exact) mass is 392 g/mol. The zero-order chi connectivity index (χ0) is 19.8. The van der Waals surface area contributed by atoms with Crippen molar-refractivity contribution in [3.63, 3.8) is 0 Å². The van der Waals surface area contributed by atoms with Crippen LogP contribution in [0.4, 0.5) is 0 Å². The Morgan fingerprint density at radius 3 is 2.52 bits per heavy atom. The zero-order valence-electron chi connectivity index (χ0n) is 17.5. The molecule has 5 rings (SSSR count). The van der Waals surface area contributed by atoms with Crippen LogP contribution in [0.2, 0.25) is 0 Å². The molecule has 4 nitrogen and oxygen atoms in total. The van der Waals surface area contributed by atoms with E-state index in [1.54, 1.807) is 13.2 Å². The van der Waals surface area contributed by atoms with Gasteiger partial charge in [0.1, 0.15) is 5.75 Å². The van der Waals surface area contributed by atoms with Gasteiger partial charge in [-0.1, -0.05) is 31.4 Å². The molecule has 0 N–H and O–H groups in total. The van der Waals surface area contributed by atoms with Gasteiger partial charge >= 0.3 is 0 Å². The molecule has 3 aliphatic rings. The van der Waals surface area contributed by atoms with Crippen LogP contribution in [0, 0.1) is 11.8 Å². The second kappa shape index (κ2) is 7.98. The number of pyridine rings is 1. The highest BCUT2D eigenvalue weighted by Gasteiger charge is 2.36. The third-order valence-corrected chi connectivity index (χ3v) is 7.31. The summed E-state index contributed by atoms with van der Waals surface area (Å²) in [6.07, 6.45) is 8.26. The lowest BCUT2D eigenvalue weighted by Gasteiger charge is -2.44. The van der Waals surface area contributed by atoms with Gasteiger partial charge in [-0.3, -0.25) is 4.79 Å². The molecule has 1 saturated heterocycles. The van der Waals surface area contributed by atoms with Crippen LogP contribution < -0.4 is 10.3 Å². The number of piperidine rings is 1. The van der Waals surface area contributed by atoms with Gasteiger partial charge in [0.2, 0.25) is 0 Å².